The number of thiol groups is 1. The van der Waals surface area contributed by atoms with Crippen LogP contribution in [0.1, 0.15) is 5.69 Å². The Balaban J connectivity index is 0.00000144. The fraction of sp³-hybridized carbons (Fsp3) is 0.167. The first kappa shape index (κ1) is 13.4. The number of anilines is 1. The van der Waals surface area contributed by atoms with Gasteiger partial charge in [0.1, 0.15) is 5.82 Å². The van der Waals surface area contributed by atoms with E-state index in [0.717, 1.165) is 10.2 Å². The van der Waals surface area contributed by atoms with Crippen LogP contribution in [0.2, 0.25) is 0 Å². The van der Waals surface area contributed by atoms with Gasteiger partial charge in [0, 0.05) is 34.0 Å². The van der Waals surface area contributed by atoms with Crippen molar-refractivity contribution in [2.75, 3.05) is 4.72 Å². The molecule has 0 amide bonds. The quantitative estimate of drug-likeness (QED) is 0.617. The Kier molecular flexibility index (Phi) is 6.15. The number of aryl methyl sites for hydroxylation is 1. The topological polar surface area (TPSA) is 59.1 Å². The fourth-order valence-electron chi connectivity index (χ4n) is 0.700. The molecule has 67 valence electrons. The van der Waals surface area contributed by atoms with Crippen LogP contribution in [-0.4, -0.2) is 43.0 Å². The van der Waals surface area contributed by atoms with Crippen molar-refractivity contribution in [1.82, 2.24) is 4.98 Å². The van der Waals surface area contributed by atoms with Crippen molar-refractivity contribution in [3.63, 3.8) is 0 Å². The van der Waals surface area contributed by atoms with Crippen LogP contribution in [-0.2, 0) is 10.9 Å². The summed E-state index contributed by atoms with van der Waals surface area (Å²) in [5.74, 6) is 0.340. The number of nitrogens with one attached hydrogen (secondary N) is 1. The molecule has 1 N–H and O–H groups in total. The maximum absolute atomic E-state index is 10.2. The van der Waals surface area contributed by atoms with Crippen molar-refractivity contribution in [1.29, 1.82) is 0 Å². The molecule has 1 aromatic heterocycles. The molecule has 1 radical (unpaired) electrons. The largest absolute Gasteiger partial charge is 0.270 e. The van der Waals surface area contributed by atoms with Gasteiger partial charge in [-0.25, -0.2) is 13.4 Å². The standard InChI is InChI=1S/C6H7BrN2O2S.Na/c1-4-5(7)2-3-6(8-4)9-12(10)11;/h2-3,12H,1H3,(H,8,9,10,11);. The van der Waals surface area contributed by atoms with Crippen LogP contribution in [0, 0.1) is 6.92 Å². The SMILES string of the molecule is Cc1nc(N[SH](=O)=O)ccc1Br.[Na]. The van der Waals surface area contributed by atoms with E-state index < -0.39 is 10.9 Å². The Morgan fingerprint density at radius 3 is 2.54 bits per heavy atom. The van der Waals surface area contributed by atoms with Crippen molar-refractivity contribution >= 4 is 62.2 Å². The van der Waals surface area contributed by atoms with Gasteiger partial charge >= 0.3 is 0 Å². The summed E-state index contributed by atoms with van der Waals surface area (Å²) in [7, 11) is -2.63. The van der Waals surface area contributed by atoms with Crippen LogP contribution in [0.4, 0.5) is 5.82 Å². The summed E-state index contributed by atoms with van der Waals surface area (Å²) >= 11 is 3.25. The van der Waals surface area contributed by atoms with Crippen LogP contribution >= 0.6 is 15.9 Å². The van der Waals surface area contributed by atoms with E-state index in [4.69, 9.17) is 0 Å². The summed E-state index contributed by atoms with van der Waals surface area (Å²) in [5.41, 5.74) is 0.747. The third-order valence-electron chi connectivity index (χ3n) is 1.23. The van der Waals surface area contributed by atoms with Crippen LogP contribution in [0.25, 0.3) is 0 Å². The molecule has 0 aliphatic heterocycles. The first-order chi connectivity index (χ1) is 5.59. The van der Waals surface area contributed by atoms with Gasteiger partial charge in [0.2, 0.25) is 10.9 Å². The molecule has 0 saturated heterocycles. The summed E-state index contributed by atoms with van der Waals surface area (Å²) in [6, 6.07) is 3.33. The monoisotopic (exact) mass is 273 g/mol. The van der Waals surface area contributed by atoms with Crippen LogP contribution in [0.15, 0.2) is 16.6 Å². The molecule has 0 atom stereocenters. The van der Waals surface area contributed by atoms with E-state index in [2.05, 4.69) is 25.6 Å². The molecule has 0 aliphatic rings. The molecule has 0 saturated carbocycles. The van der Waals surface area contributed by atoms with E-state index in [1.807, 2.05) is 0 Å². The first-order valence-electron chi connectivity index (χ1n) is 3.14. The zero-order chi connectivity index (χ0) is 9.14. The Morgan fingerprint density at radius 2 is 2.08 bits per heavy atom. The third kappa shape index (κ3) is 4.42. The molecule has 0 spiro atoms. The number of aromatic nitrogens is 1. The molecule has 13 heavy (non-hydrogen) atoms. The molecule has 1 aromatic rings. The number of nitrogens with zero attached hydrogens (tertiary/aromatic N) is 1. The summed E-state index contributed by atoms with van der Waals surface area (Å²) in [6.07, 6.45) is 0. The zero-order valence-corrected chi connectivity index (χ0v) is 11.7. The van der Waals surface area contributed by atoms with Crippen LogP contribution < -0.4 is 4.72 Å². The van der Waals surface area contributed by atoms with Crippen molar-refractivity contribution in [3.8, 4) is 0 Å². The van der Waals surface area contributed by atoms with E-state index >= 15 is 0 Å². The smallest absolute Gasteiger partial charge is 0.223 e. The maximum atomic E-state index is 10.2. The Labute approximate surface area is 109 Å². The molecule has 7 heteroatoms. The minimum Gasteiger partial charge on any atom is -0.270 e. The molecule has 0 fully saturated rings. The third-order valence-corrected chi connectivity index (χ3v) is 2.48. The average Bonchev–Trinajstić information content (AvgIpc) is 1.96. The molecule has 1 rings (SSSR count). The Morgan fingerprint density at radius 1 is 1.46 bits per heavy atom. The van der Waals surface area contributed by atoms with Crippen molar-refractivity contribution < 1.29 is 8.42 Å². The van der Waals surface area contributed by atoms with E-state index in [1.54, 1.807) is 19.1 Å². The second kappa shape index (κ2) is 5.98. The van der Waals surface area contributed by atoms with Gasteiger partial charge in [-0.15, -0.1) is 0 Å². The number of rotatable bonds is 2. The molecule has 0 bridgehead atoms. The fourth-order valence-corrected chi connectivity index (χ4v) is 1.23. The molecule has 0 aromatic carbocycles. The minimum absolute atomic E-state index is 0. The molecule has 0 aliphatic carbocycles. The van der Waals surface area contributed by atoms with Gasteiger partial charge in [-0.1, -0.05) is 0 Å². The van der Waals surface area contributed by atoms with Crippen molar-refractivity contribution in [3.05, 3.63) is 22.3 Å². The van der Waals surface area contributed by atoms with Crippen molar-refractivity contribution in [2.45, 2.75) is 6.92 Å². The van der Waals surface area contributed by atoms with Crippen molar-refractivity contribution in [2.24, 2.45) is 0 Å². The minimum atomic E-state index is -2.63. The summed E-state index contributed by atoms with van der Waals surface area (Å²) < 4.78 is 23.5. The van der Waals surface area contributed by atoms with Gasteiger partial charge in [-0.3, -0.25) is 4.72 Å². The number of hydrogen-bond acceptors (Lipinski definition) is 3. The average molecular weight is 274 g/mol. The number of pyridine rings is 1. The van der Waals surface area contributed by atoms with Gasteiger partial charge in [-0.05, 0) is 35.0 Å². The number of halogens is 1. The van der Waals surface area contributed by atoms with E-state index in [9.17, 15) is 8.42 Å². The Bertz CT molecular complexity index is 362. The van der Waals surface area contributed by atoms with Gasteiger partial charge < -0.3 is 0 Å². The zero-order valence-electron chi connectivity index (χ0n) is 7.24. The predicted octanol–water partition coefficient (Wildman–Crippen LogP) is 0.710. The maximum Gasteiger partial charge on any atom is 0.223 e. The summed E-state index contributed by atoms with van der Waals surface area (Å²) in [5, 5.41) is 0. The summed E-state index contributed by atoms with van der Waals surface area (Å²) in [6.45, 7) is 1.78. The molecule has 4 nitrogen and oxygen atoms in total. The second-order valence-corrected chi connectivity index (χ2v) is 3.72. The Hall–Kier alpha value is 0.380. The molecule has 0 unspecified atom stereocenters. The second-order valence-electron chi connectivity index (χ2n) is 2.13. The van der Waals surface area contributed by atoms with Crippen LogP contribution in [0.5, 0.6) is 0 Å². The number of hydrogen-bond donors (Lipinski definition) is 2. The van der Waals surface area contributed by atoms with E-state index in [0.29, 0.717) is 5.82 Å². The van der Waals surface area contributed by atoms with E-state index in [-0.39, 0.29) is 29.6 Å². The molecular weight excluding hydrogens is 267 g/mol. The van der Waals surface area contributed by atoms with Gasteiger partial charge in [0.25, 0.3) is 0 Å². The van der Waals surface area contributed by atoms with Gasteiger partial charge in [0.05, 0.1) is 5.69 Å². The summed E-state index contributed by atoms with van der Waals surface area (Å²) in [4.78, 5) is 3.97. The first-order valence-corrected chi connectivity index (χ1v) is 5.11. The molecule has 1 heterocycles. The molecular formula is C6H7BrN2NaO2S. The predicted molar refractivity (Wildman–Crippen MR) is 56.4 cm³/mol. The van der Waals surface area contributed by atoms with Gasteiger partial charge in [-0.2, -0.15) is 0 Å². The normalized spacial score (nSPS) is 9.46. The van der Waals surface area contributed by atoms with E-state index in [1.165, 1.54) is 0 Å². The van der Waals surface area contributed by atoms with Crippen LogP contribution in [0.3, 0.4) is 0 Å². The van der Waals surface area contributed by atoms with Gasteiger partial charge in [0.15, 0.2) is 0 Å².